The molecule has 72 valence electrons. The highest BCUT2D eigenvalue weighted by Crippen LogP contribution is 2.19. The highest BCUT2D eigenvalue weighted by molar-refractivity contribution is 5.27. The first-order valence-corrected chi connectivity index (χ1v) is 3.91. The molecule has 13 heavy (non-hydrogen) atoms. The molecular weight excluding hydrogens is 176 g/mol. The van der Waals surface area contributed by atoms with Crippen LogP contribution in [-0.2, 0) is 0 Å². The van der Waals surface area contributed by atoms with Crippen LogP contribution in [0.5, 0.6) is 0 Å². The smallest absolute Gasteiger partial charge is 0.128 e. The van der Waals surface area contributed by atoms with E-state index in [4.69, 9.17) is 5.21 Å². The fourth-order valence-corrected chi connectivity index (χ4v) is 1.06. The van der Waals surface area contributed by atoms with Crippen molar-refractivity contribution in [1.29, 1.82) is 0 Å². The van der Waals surface area contributed by atoms with Crippen molar-refractivity contribution < 1.29 is 14.0 Å². The van der Waals surface area contributed by atoms with E-state index in [-0.39, 0.29) is 11.1 Å². The lowest BCUT2D eigenvalue weighted by Crippen LogP contribution is -2.15. The summed E-state index contributed by atoms with van der Waals surface area (Å²) >= 11 is 0. The molecule has 2 N–H and O–H groups in total. The zero-order valence-corrected chi connectivity index (χ0v) is 7.44. The molecule has 0 saturated heterocycles. The Kier molecular flexibility index (Phi) is 2.95. The first-order chi connectivity index (χ1) is 6.06. The molecule has 1 aromatic rings. The van der Waals surface area contributed by atoms with Crippen molar-refractivity contribution in [2.75, 3.05) is 0 Å². The Balaban J connectivity index is 3.15. The van der Waals surface area contributed by atoms with Crippen molar-refractivity contribution in [3.8, 4) is 0 Å². The summed E-state index contributed by atoms with van der Waals surface area (Å²) in [7, 11) is 0. The lowest BCUT2D eigenvalue weighted by Gasteiger charge is -2.11. The van der Waals surface area contributed by atoms with Crippen LogP contribution in [0.2, 0.25) is 0 Å². The molecular formula is C9H11F2NO. The van der Waals surface area contributed by atoms with Crippen molar-refractivity contribution in [2.45, 2.75) is 19.9 Å². The van der Waals surface area contributed by atoms with Gasteiger partial charge in [0.25, 0.3) is 0 Å². The topological polar surface area (TPSA) is 32.3 Å². The van der Waals surface area contributed by atoms with E-state index in [1.54, 1.807) is 0 Å². The van der Waals surface area contributed by atoms with Gasteiger partial charge < -0.3 is 5.21 Å². The lowest BCUT2D eigenvalue weighted by atomic mass is 10.1. The van der Waals surface area contributed by atoms with Crippen molar-refractivity contribution in [1.82, 2.24) is 5.48 Å². The maximum absolute atomic E-state index is 13.2. The molecule has 1 unspecified atom stereocenters. The Morgan fingerprint density at radius 3 is 2.46 bits per heavy atom. The summed E-state index contributed by atoms with van der Waals surface area (Å²) in [6.07, 6.45) is 0. The summed E-state index contributed by atoms with van der Waals surface area (Å²) in [5.41, 5.74) is 2.23. The number of nitrogens with one attached hydrogen (secondary N) is 1. The predicted octanol–water partition coefficient (Wildman–Crippen LogP) is 2.31. The van der Waals surface area contributed by atoms with Gasteiger partial charge in [-0.3, -0.25) is 0 Å². The summed E-state index contributed by atoms with van der Waals surface area (Å²) in [6, 6.07) is 1.58. The molecule has 0 aliphatic carbocycles. The zero-order chi connectivity index (χ0) is 10.0. The number of rotatable bonds is 2. The summed E-state index contributed by atoms with van der Waals surface area (Å²) in [5, 5.41) is 8.53. The molecule has 0 aliphatic rings. The van der Waals surface area contributed by atoms with Crippen LogP contribution in [0.25, 0.3) is 0 Å². The number of hydrogen-bond donors (Lipinski definition) is 2. The maximum Gasteiger partial charge on any atom is 0.128 e. The van der Waals surface area contributed by atoms with Gasteiger partial charge >= 0.3 is 0 Å². The van der Waals surface area contributed by atoms with E-state index in [0.717, 1.165) is 12.1 Å². The van der Waals surface area contributed by atoms with Gasteiger partial charge in [-0.05, 0) is 31.5 Å². The minimum absolute atomic E-state index is 0.116. The highest BCUT2D eigenvalue weighted by atomic mass is 19.1. The first kappa shape index (κ1) is 10.1. The van der Waals surface area contributed by atoms with Gasteiger partial charge in [0.2, 0.25) is 0 Å². The quantitative estimate of drug-likeness (QED) is 0.696. The molecule has 1 aromatic carbocycles. The van der Waals surface area contributed by atoms with Gasteiger partial charge in [-0.15, -0.1) is 0 Å². The Morgan fingerprint density at radius 1 is 1.31 bits per heavy atom. The highest BCUT2D eigenvalue weighted by Gasteiger charge is 2.12. The number of halogens is 2. The van der Waals surface area contributed by atoms with Crippen LogP contribution in [0.15, 0.2) is 12.1 Å². The van der Waals surface area contributed by atoms with Gasteiger partial charge in [-0.2, -0.15) is 5.48 Å². The molecule has 1 rings (SSSR count). The fourth-order valence-electron chi connectivity index (χ4n) is 1.06. The average molecular weight is 187 g/mol. The van der Waals surface area contributed by atoms with Gasteiger partial charge in [0.15, 0.2) is 0 Å². The number of aryl methyl sites for hydroxylation is 1. The third-order valence-corrected chi connectivity index (χ3v) is 1.94. The Labute approximate surface area is 75.2 Å². The lowest BCUT2D eigenvalue weighted by molar-refractivity contribution is 0.131. The number of hydrogen-bond acceptors (Lipinski definition) is 2. The molecule has 0 bridgehead atoms. The van der Waals surface area contributed by atoms with E-state index in [0.29, 0.717) is 0 Å². The summed E-state index contributed by atoms with van der Waals surface area (Å²) in [5.74, 6) is -0.994. The van der Waals surface area contributed by atoms with Crippen LogP contribution in [0.3, 0.4) is 0 Å². The number of benzene rings is 1. The zero-order valence-electron chi connectivity index (χ0n) is 7.44. The van der Waals surface area contributed by atoms with E-state index < -0.39 is 17.7 Å². The Morgan fingerprint density at radius 2 is 1.92 bits per heavy atom. The molecule has 4 heteroatoms. The molecule has 0 aliphatic heterocycles. The Hall–Kier alpha value is -1.00. The third-order valence-electron chi connectivity index (χ3n) is 1.94. The van der Waals surface area contributed by atoms with Crippen molar-refractivity contribution in [3.05, 3.63) is 34.9 Å². The molecule has 1 atom stereocenters. The van der Waals surface area contributed by atoms with Gasteiger partial charge in [0, 0.05) is 5.56 Å². The van der Waals surface area contributed by atoms with E-state index in [9.17, 15) is 8.78 Å². The second-order valence-electron chi connectivity index (χ2n) is 2.97. The molecule has 0 radical (unpaired) electrons. The van der Waals surface area contributed by atoms with E-state index >= 15 is 0 Å². The van der Waals surface area contributed by atoms with Crippen LogP contribution in [0.4, 0.5) is 8.78 Å². The molecule has 0 heterocycles. The van der Waals surface area contributed by atoms with Crippen molar-refractivity contribution >= 4 is 0 Å². The predicted molar refractivity (Wildman–Crippen MR) is 44.4 cm³/mol. The van der Waals surface area contributed by atoms with Crippen LogP contribution >= 0.6 is 0 Å². The van der Waals surface area contributed by atoms with Crippen LogP contribution in [0, 0.1) is 18.6 Å². The average Bonchev–Trinajstić information content (AvgIpc) is 2.10. The maximum atomic E-state index is 13.2. The van der Waals surface area contributed by atoms with E-state index in [1.807, 2.05) is 5.48 Å². The molecule has 0 amide bonds. The molecule has 0 fully saturated rings. The molecule has 0 saturated carbocycles. The summed E-state index contributed by atoms with van der Waals surface area (Å²) in [6.45, 7) is 3.02. The van der Waals surface area contributed by atoms with Gasteiger partial charge in [0.1, 0.15) is 11.6 Å². The van der Waals surface area contributed by atoms with E-state index in [1.165, 1.54) is 13.8 Å². The van der Waals surface area contributed by atoms with Gasteiger partial charge in [0.05, 0.1) is 6.04 Å². The van der Waals surface area contributed by atoms with Crippen LogP contribution in [0.1, 0.15) is 24.1 Å². The fraction of sp³-hybridized carbons (Fsp3) is 0.333. The van der Waals surface area contributed by atoms with Crippen molar-refractivity contribution in [3.63, 3.8) is 0 Å². The molecule has 2 nitrogen and oxygen atoms in total. The number of hydroxylamine groups is 1. The normalized spacial score (nSPS) is 13.0. The minimum atomic E-state index is -0.616. The SMILES string of the molecule is Cc1cc(F)c(C(C)NO)cc1F. The second-order valence-corrected chi connectivity index (χ2v) is 2.97. The van der Waals surface area contributed by atoms with Crippen LogP contribution in [-0.4, -0.2) is 5.21 Å². The standard InChI is InChI=1S/C9H11F2NO/c1-5-3-9(11)7(4-8(5)10)6(2)12-13/h3-4,6,12-13H,1-2H3. The van der Waals surface area contributed by atoms with Gasteiger partial charge in [-0.1, -0.05) is 0 Å². The van der Waals surface area contributed by atoms with Crippen molar-refractivity contribution in [2.24, 2.45) is 0 Å². The molecule has 0 spiro atoms. The molecule has 0 aromatic heterocycles. The second kappa shape index (κ2) is 3.81. The van der Waals surface area contributed by atoms with Crippen LogP contribution < -0.4 is 5.48 Å². The largest absolute Gasteiger partial charge is 0.316 e. The monoisotopic (exact) mass is 187 g/mol. The summed E-state index contributed by atoms with van der Waals surface area (Å²) < 4.78 is 26.1. The summed E-state index contributed by atoms with van der Waals surface area (Å²) in [4.78, 5) is 0. The Bertz CT molecular complexity index is 315. The first-order valence-electron chi connectivity index (χ1n) is 3.91. The minimum Gasteiger partial charge on any atom is -0.316 e. The van der Waals surface area contributed by atoms with E-state index in [2.05, 4.69) is 0 Å². The third kappa shape index (κ3) is 2.02. The van der Waals surface area contributed by atoms with Gasteiger partial charge in [-0.25, -0.2) is 8.78 Å².